The summed E-state index contributed by atoms with van der Waals surface area (Å²) in [5.41, 5.74) is 2.91. The highest BCUT2D eigenvalue weighted by molar-refractivity contribution is 7.14. The molecule has 0 aliphatic rings. The Morgan fingerprint density at radius 2 is 2.20 bits per heavy atom. The van der Waals surface area contributed by atoms with Crippen LogP contribution in [0, 0.1) is 6.92 Å². The van der Waals surface area contributed by atoms with Crippen molar-refractivity contribution in [2.45, 2.75) is 19.8 Å². The smallest absolute Gasteiger partial charge is 0.226 e. The third kappa shape index (κ3) is 5.12. The predicted molar refractivity (Wildman–Crippen MR) is 99.9 cm³/mol. The van der Waals surface area contributed by atoms with Gasteiger partial charge in [-0.2, -0.15) is 0 Å². The Morgan fingerprint density at radius 3 is 3.00 bits per heavy atom. The van der Waals surface area contributed by atoms with Crippen LogP contribution in [0.25, 0.3) is 11.3 Å². The van der Waals surface area contributed by atoms with Crippen LogP contribution in [0.5, 0.6) is 5.75 Å². The molecule has 1 N–H and O–H groups in total. The van der Waals surface area contributed by atoms with Gasteiger partial charge in [0.1, 0.15) is 5.75 Å². The molecule has 0 spiro atoms. The molecule has 25 heavy (non-hydrogen) atoms. The molecule has 128 valence electrons. The van der Waals surface area contributed by atoms with E-state index in [9.17, 15) is 4.79 Å². The van der Waals surface area contributed by atoms with Gasteiger partial charge in [0, 0.05) is 29.8 Å². The number of aromatic nitrogens is 2. The van der Waals surface area contributed by atoms with Crippen molar-refractivity contribution in [2.75, 3.05) is 11.9 Å². The Morgan fingerprint density at radius 1 is 1.28 bits per heavy atom. The molecule has 1 amide bonds. The Balaban J connectivity index is 1.43. The topological polar surface area (TPSA) is 64.1 Å². The van der Waals surface area contributed by atoms with Crippen molar-refractivity contribution in [3.8, 4) is 17.0 Å². The van der Waals surface area contributed by atoms with Crippen LogP contribution in [0.1, 0.15) is 18.4 Å². The molecule has 0 saturated carbocycles. The van der Waals surface area contributed by atoms with Crippen molar-refractivity contribution in [2.24, 2.45) is 0 Å². The summed E-state index contributed by atoms with van der Waals surface area (Å²) in [5, 5.41) is 5.34. The largest absolute Gasteiger partial charge is 0.494 e. The molecule has 2 heterocycles. The number of hydrogen-bond donors (Lipinski definition) is 1. The number of benzene rings is 1. The lowest BCUT2D eigenvalue weighted by atomic mass is 10.2. The third-order valence-electron chi connectivity index (χ3n) is 3.51. The molecule has 3 rings (SSSR count). The fourth-order valence-corrected chi connectivity index (χ4v) is 3.02. The summed E-state index contributed by atoms with van der Waals surface area (Å²) in [4.78, 5) is 20.5. The molecule has 0 atom stereocenters. The molecule has 5 nitrogen and oxygen atoms in total. The monoisotopic (exact) mass is 353 g/mol. The quantitative estimate of drug-likeness (QED) is 0.643. The number of anilines is 1. The van der Waals surface area contributed by atoms with Crippen molar-refractivity contribution in [3.63, 3.8) is 0 Å². The highest BCUT2D eigenvalue weighted by Crippen LogP contribution is 2.24. The Kier molecular flexibility index (Phi) is 5.74. The van der Waals surface area contributed by atoms with E-state index in [2.05, 4.69) is 15.3 Å². The van der Waals surface area contributed by atoms with E-state index in [-0.39, 0.29) is 5.91 Å². The average molecular weight is 353 g/mol. The van der Waals surface area contributed by atoms with Gasteiger partial charge in [0.25, 0.3) is 0 Å². The van der Waals surface area contributed by atoms with Gasteiger partial charge in [0.05, 0.1) is 12.3 Å². The minimum Gasteiger partial charge on any atom is -0.494 e. The summed E-state index contributed by atoms with van der Waals surface area (Å²) in [6, 6.07) is 11.7. The summed E-state index contributed by atoms with van der Waals surface area (Å²) in [6.07, 6.45) is 4.52. The summed E-state index contributed by atoms with van der Waals surface area (Å²) >= 11 is 1.41. The molecule has 0 unspecified atom stereocenters. The zero-order valence-electron chi connectivity index (χ0n) is 13.9. The van der Waals surface area contributed by atoms with Gasteiger partial charge in [-0.1, -0.05) is 12.1 Å². The highest BCUT2D eigenvalue weighted by Gasteiger charge is 2.08. The maximum absolute atomic E-state index is 12.0. The van der Waals surface area contributed by atoms with Gasteiger partial charge in [0.2, 0.25) is 5.91 Å². The fourth-order valence-electron chi connectivity index (χ4n) is 2.29. The number of nitrogens with one attached hydrogen (secondary N) is 1. The summed E-state index contributed by atoms with van der Waals surface area (Å²) < 4.78 is 5.65. The molecule has 0 aliphatic heterocycles. The van der Waals surface area contributed by atoms with Crippen molar-refractivity contribution >= 4 is 22.4 Å². The number of hydrogen-bond acceptors (Lipinski definition) is 5. The van der Waals surface area contributed by atoms with Gasteiger partial charge >= 0.3 is 0 Å². The van der Waals surface area contributed by atoms with Crippen LogP contribution in [0.4, 0.5) is 5.13 Å². The number of aryl methyl sites for hydroxylation is 1. The summed E-state index contributed by atoms with van der Waals surface area (Å²) in [7, 11) is 0. The Labute approximate surface area is 150 Å². The van der Waals surface area contributed by atoms with Crippen molar-refractivity contribution in [3.05, 3.63) is 59.7 Å². The molecular weight excluding hydrogens is 334 g/mol. The van der Waals surface area contributed by atoms with Crippen LogP contribution < -0.4 is 10.1 Å². The number of nitrogens with zero attached hydrogens (tertiary/aromatic N) is 2. The predicted octanol–water partition coefficient (Wildman–Crippen LogP) is 4.31. The molecule has 0 fully saturated rings. The van der Waals surface area contributed by atoms with E-state index in [1.807, 2.05) is 48.7 Å². The highest BCUT2D eigenvalue weighted by atomic mass is 32.1. The number of amides is 1. The van der Waals surface area contributed by atoms with Crippen molar-refractivity contribution < 1.29 is 9.53 Å². The minimum absolute atomic E-state index is 0.0556. The van der Waals surface area contributed by atoms with E-state index < -0.39 is 0 Å². The molecule has 6 heteroatoms. The van der Waals surface area contributed by atoms with Gasteiger partial charge in [-0.25, -0.2) is 4.98 Å². The van der Waals surface area contributed by atoms with Crippen LogP contribution in [0.15, 0.2) is 54.2 Å². The van der Waals surface area contributed by atoms with Crippen LogP contribution in [-0.2, 0) is 4.79 Å². The number of carbonyl (C=O) groups is 1. The van der Waals surface area contributed by atoms with Crippen molar-refractivity contribution in [1.82, 2.24) is 9.97 Å². The number of thiazole rings is 1. The standard InChI is InChI=1S/C19H19N3O2S/c1-14-5-2-7-16(11-14)24-10-4-8-18(23)22-19-21-17(13-25-19)15-6-3-9-20-12-15/h2-3,5-7,9,11-13H,4,8,10H2,1H3,(H,21,22,23). The second kappa shape index (κ2) is 8.39. The van der Waals surface area contributed by atoms with E-state index in [0.717, 1.165) is 22.6 Å². The first-order chi connectivity index (χ1) is 12.2. The first-order valence-corrected chi connectivity index (χ1v) is 8.94. The molecule has 0 saturated heterocycles. The molecule has 0 radical (unpaired) electrons. The van der Waals surface area contributed by atoms with Crippen LogP contribution in [-0.4, -0.2) is 22.5 Å². The molecular formula is C19H19N3O2S. The normalized spacial score (nSPS) is 10.4. The number of pyridine rings is 1. The van der Waals surface area contributed by atoms with Crippen LogP contribution >= 0.6 is 11.3 Å². The molecule has 2 aromatic heterocycles. The summed E-state index contributed by atoms with van der Waals surface area (Å²) in [5.74, 6) is 0.779. The third-order valence-corrected chi connectivity index (χ3v) is 4.27. The van der Waals surface area contributed by atoms with E-state index in [4.69, 9.17) is 4.74 Å². The molecule has 0 bridgehead atoms. The fraction of sp³-hybridized carbons (Fsp3) is 0.211. The van der Waals surface area contributed by atoms with Gasteiger partial charge in [-0.15, -0.1) is 11.3 Å². The van der Waals surface area contributed by atoms with E-state index in [0.29, 0.717) is 24.6 Å². The number of carbonyl (C=O) groups excluding carboxylic acids is 1. The lowest BCUT2D eigenvalue weighted by Crippen LogP contribution is -2.12. The number of ether oxygens (including phenoxy) is 1. The van der Waals surface area contributed by atoms with Gasteiger partial charge in [-0.3, -0.25) is 9.78 Å². The Hall–Kier alpha value is -2.73. The zero-order chi connectivity index (χ0) is 17.5. The van der Waals surface area contributed by atoms with Crippen LogP contribution in [0.2, 0.25) is 0 Å². The summed E-state index contributed by atoms with van der Waals surface area (Å²) in [6.45, 7) is 2.53. The maximum Gasteiger partial charge on any atom is 0.226 e. The van der Waals surface area contributed by atoms with Gasteiger partial charge in [-0.05, 0) is 43.2 Å². The number of rotatable bonds is 7. The van der Waals surface area contributed by atoms with Crippen LogP contribution in [0.3, 0.4) is 0 Å². The molecule has 0 aliphatic carbocycles. The molecule has 1 aromatic carbocycles. The average Bonchev–Trinajstić information content (AvgIpc) is 3.08. The van der Waals surface area contributed by atoms with Crippen molar-refractivity contribution in [1.29, 1.82) is 0 Å². The van der Waals surface area contributed by atoms with E-state index in [1.54, 1.807) is 12.4 Å². The minimum atomic E-state index is -0.0556. The first-order valence-electron chi connectivity index (χ1n) is 8.06. The van der Waals surface area contributed by atoms with E-state index >= 15 is 0 Å². The zero-order valence-corrected chi connectivity index (χ0v) is 14.8. The van der Waals surface area contributed by atoms with Gasteiger partial charge < -0.3 is 10.1 Å². The lowest BCUT2D eigenvalue weighted by Gasteiger charge is -2.06. The van der Waals surface area contributed by atoms with Gasteiger partial charge in [0.15, 0.2) is 5.13 Å². The maximum atomic E-state index is 12.0. The SMILES string of the molecule is Cc1cccc(OCCCC(=O)Nc2nc(-c3cccnc3)cs2)c1. The van der Waals surface area contributed by atoms with E-state index in [1.165, 1.54) is 11.3 Å². The molecule has 3 aromatic rings. The lowest BCUT2D eigenvalue weighted by molar-refractivity contribution is -0.116. The Bertz CT molecular complexity index is 833. The second-order valence-corrected chi connectivity index (χ2v) is 6.45. The second-order valence-electron chi connectivity index (χ2n) is 5.60. The first kappa shape index (κ1) is 17.1.